The Morgan fingerprint density at radius 2 is 1.93 bits per heavy atom. The summed E-state index contributed by atoms with van der Waals surface area (Å²) in [6, 6.07) is 7.36. The van der Waals surface area contributed by atoms with Crippen LogP contribution in [-0.2, 0) is 0 Å². The average molecular weight is 399 g/mol. The van der Waals surface area contributed by atoms with E-state index in [1.807, 2.05) is 29.6 Å². The van der Waals surface area contributed by atoms with Crippen LogP contribution in [0.3, 0.4) is 0 Å². The van der Waals surface area contributed by atoms with Crippen molar-refractivity contribution < 1.29 is 18.6 Å². The van der Waals surface area contributed by atoms with Crippen molar-refractivity contribution in [2.24, 2.45) is 10.1 Å². The largest absolute Gasteiger partial charge is 0.493 e. The van der Waals surface area contributed by atoms with Crippen LogP contribution in [0.4, 0.5) is 0 Å². The van der Waals surface area contributed by atoms with E-state index in [1.54, 1.807) is 44.6 Å². The van der Waals surface area contributed by atoms with Gasteiger partial charge in [-0.1, -0.05) is 6.08 Å². The van der Waals surface area contributed by atoms with E-state index in [0.717, 1.165) is 16.1 Å². The fourth-order valence-corrected chi connectivity index (χ4v) is 3.38. The second-order valence-electron chi connectivity index (χ2n) is 5.53. The molecule has 0 bridgehead atoms. The van der Waals surface area contributed by atoms with E-state index in [1.165, 1.54) is 11.3 Å². The zero-order valence-corrected chi connectivity index (χ0v) is 16.7. The lowest BCUT2D eigenvalue weighted by Crippen LogP contribution is -2.12. The van der Waals surface area contributed by atoms with Gasteiger partial charge >= 0.3 is 0 Å². The number of aromatic nitrogens is 1. The van der Waals surface area contributed by atoms with Gasteiger partial charge in [0.05, 0.1) is 40.4 Å². The Morgan fingerprint density at radius 1 is 1.18 bits per heavy atom. The minimum Gasteiger partial charge on any atom is -0.493 e. The average Bonchev–Trinajstić information content (AvgIpc) is 3.39. The van der Waals surface area contributed by atoms with Crippen LogP contribution in [0.5, 0.6) is 17.2 Å². The molecule has 0 N–H and O–H groups in total. The number of furan rings is 1. The van der Waals surface area contributed by atoms with Gasteiger partial charge in [0.2, 0.25) is 10.6 Å². The standard InChI is InChI=1S/C20H21N3O4S/c1-5-8-21-20-23(15(13-28-20)16-7-6-9-27-16)22-12-14-10-17(24-2)19(26-4)18(11-14)25-3/h5-7,9-13H,1,8H2,2-4H3. The van der Waals surface area contributed by atoms with E-state index < -0.39 is 0 Å². The molecule has 0 aliphatic heterocycles. The first kappa shape index (κ1) is 19.5. The zero-order valence-electron chi connectivity index (χ0n) is 15.9. The van der Waals surface area contributed by atoms with E-state index in [-0.39, 0.29) is 0 Å². The minimum atomic E-state index is 0.498. The van der Waals surface area contributed by atoms with E-state index in [9.17, 15) is 0 Å². The van der Waals surface area contributed by atoms with Crippen molar-refractivity contribution in [3.8, 4) is 28.7 Å². The van der Waals surface area contributed by atoms with Crippen LogP contribution in [0.1, 0.15) is 5.56 Å². The number of nitrogens with zero attached hydrogens (tertiary/aromatic N) is 3. The van der Waals surface area contributed by atoms with Gasteiger partial charge in [0.1, 0.15) is 5.69 Å². The fraction of sp³-hybridized carbons (Fsp3) is 0.200. The lowest BCUT2D eigenvalue weighted by molar-refractivity contribution is 0.324. The van der Waals surface area contributed by atoms with Crippen molar-refractivity contribution in [2.75, 3.05) is 27.9 Å². The van der Waals surface area contributed by atoms with Gasteiger partial charge in [0, 0.05) is 10.9 Å². The summed E-state index contributed by atoms with van der Waals surface area (Å²) in [6.45, 7) is 4.21. The molecule has 0 saturated carbocycles. The summed E-state index contributed by atoms with van der Waals surface area (Å²) in [6.07, 6.45) is 5.07. The number of hydrogen-bond acceptors (Lipinski definition) is 7. The van der Waals surface area contributed by atoms with Crippen molar-refractivity contribution in [3.05, 3.63) is 58.9 Å². The molecule has 0 fully saturated rings. The maximum atomic E-state index is 5.53. The summed E-state index contributed by atoms with van der Waals surface area (Å²) in [5.74, 6) is 2.35. The van der Waals surface area contributed by atoms with Gasteiger partial charge in [-0.25, -0.2) is 4.68 Å². The third-order valence-electron chi connectivity index (χ3n) is 3.82. The first-order valence-corrected chi connectivity index (χ1v) is 9.30. The predicted molar refractivity (Wildman–Crippen MR) is 110 cm³/mol. The normalized spacial score (nSPS) is 11.8. The molecule has 3 aromatic rings. The Hall–Kier alpha value is -3.26. The highest BCUT2D eigenvalue weighted by atomic mass is 32.1. The first-order valence-electron chi connectivity index (χ1n) is 8.42. The molecule has 0 unspecified atom stereocenters. The molecule has 146 valence electrons. The van der Waals surface area contributed by atoms with E-state index in [0.29, 0.717) is 29.6 Å². The minimum absolute atomic E-state index is 0.498. The molecule has 1 aromatic carbocycles. The summed E-state index contributed by atoms with van der Waals surface area (Å²) < 4.78 is 23.4. The molecule has 0 amide bonds. The van der Waals surface area contributed by atoms with Gasteiger partial charge in [0.15, 0.2) is 17.3 Å². The lowest BCUT2D eigenvalue weighted by atomic mass is 10.2. The molecule has 2 aromatic heterocycles. The number of benzene rings is 1. The maximum Gasteiger partial charge on any atom is 0.206 e. The van der Waals surface area contributed by atoms with E-state index in [2.05, 4.69) is 16.7 Å². The lowest BCUT2D eigenvalue weighted by Gasteiger charge is -2.12. The molecule has 8 heteroatoms. The molecular formula is C20H21N3O4S. The van der Waals surface area contributed by atoms with Gasteiger partial charge in [-0.3, -0.25) is 4.99 Å². The highest BCUT2D eigenvalue weighted by Crippen LogP contribution is 2.37. The zero-order chi connectivity index (χ0) is 19.9. The van der Waals surface area contributed by atoms with Crippen molar-refractivity contribution in [2.45, 2.75) is 0 Å². The molecule has 0 radical (unpaired) electrons. The van der Waals surface area contributed by atoms with Gasteiger partial charge in [0.25, 0.3) is 0 Å². The Balaban J connectivity index is 2.07. The van der Waals surface area contributed by atoms with Crippen LogP contribution < -0.4 is 19.0 Å². The molecule has 2 heterocycles. The topological polar surface area (TPSA) is 70.5 Å². The highest BCUT2D eigenvalue weighted by Gasteiger charge is 2.13. The maximum absolute atomic E-state index is 5.53. The van der Waals surface area contributed by atoms with E-state index >= 15 is 0 Å². The van der Waals surface area contributed by atoms with Crippen LogP contribution in [-0.4, -0.2) is 38.8 Å². The smallest absolute Gasteiger partial charge is 0.206 e. The first-order chi connectivity index (χ1) is 13.7. The molecule has 0 aliphatic carbocycles. The molecule has 28 heavy (non-hydrogen) atoms. The highest BCUT2D eigenvalue weighted by molar-refractivity contribution is 7.07. The third kappa shape index (κ3) is 4.01. The summed E-state index contributed by atoms with van der Waals surface area (Å²) in [4.78, 5) is 5.23. The Labute approximate surface area is 166 Å². The molecule has 7 nitrogen and oxygen atoms in total. The van der Waals surface area contributed by atoms with Crippen molar-refractivity contribution in [3.63, 3.8) is 0 Å². The van der Waals surface area contributed by atoms with Gasteiger partial charge < -0.3 is 18.6 Å². The Bertz CT molecular complexity index is 1010. The van der Waals surface area contributed by atoms with Crippen LogP contribution >= 0.6 is 11.3 Å². The quantitative estimate of drug-likeness (QED) is 0.427. The molecule has 0 saturated heterocycles. The number of hydrogen-bond donors (Lipinski definition) is 0. The fourth-order valence-electron chi connectivity index (χ4n) is 2.56. The monoisotopic (exact) mass is 399 g/mol. The van der Waals surface area contributed by atoms with Crippen LogP contribution in [0.2, 0.25) is 0 Å². The Kier molecular flexibility index (Phi) is 6.33. The second-order valence-corrected chi connectivity index (χ2v) is 6.36. The van der Waals surface area contributed by atoms with Crippen LogP contribution in [0, 0.1) is 0 Å². The Morgan fingerprint density at radius 3 is 2.50 bits per heavy atom. The van der Waals surface area contributed by atoms with Crippen LogP contribution in [0.15, 0.2) is 63.1 Å². The van der Waals surface area contributed by atoms with E-state index in [4.69, 9.17) is 18.6 Å². The number of rotatable bonds is 8. The molecule has 3 rings (SSSR count). The predicted octanol–water partition coefficient (Wildman–Crippen LogP) is 3.80. The van der Waals surface area contributed by atoms with Crippen molar-refractivity contribution in [1.29, 1.82) is 0 Å². The number of methoxy groups -OCH3 is 3. The van der Waals surface area contributed by atoms with Gasteiger partial charge in [-0.15, -0.1) is 17.9 Å². The van der Waals surface area contributed by atoms with Gasteiger partial charge in [-0.05, 0) is 24.3 Å². The molecule has 0 spiro atoms. The second kappa shape index (κ2) is 9.09. The molecule has 0 atom stereocenters. The van der Waals surface area contributed by atoms with Crippen LogP contribution in [0.25, 0.3) is 11.5 Å². The molecule has 0 aliphatic rings. The summed E-state index contributed by atoms with van der Waals surface area (Å²) in [5.41, 5.74) is 1.59. The number of ether oxygens (including phenoxy) is 3. The number of thiazole rings is 1. The van der Waals surface area contributed by atoms with Crippen molar-refractivity contribution in [1.82, 2.24) is 4.68 Å². The third-order valence-corrected chi connectivity index (χ3v) is 4.68. The van der Waals surface area contributed by atoms with Gasteiger partial charge in [-0.2, -0.15) is 5.10 Å². The summed E-state index contributed by atoms with van der Waals surface area (Å²) in [7, 11) is 4.72. The summed E-state index contributed by atoms with van der Waals surface area (Å²) in [5, 5.41) is 6.57. The molecular weight excluding hydrogens is 378 g/mol. The SMILES string of the molecule is C=CCN=c1scc(-c2ccco2)n1N=Cc1cc(OC)c(OC)c(OC)c1. The van der Waals surface area contributed by atoms with Crippen molar-refractivity contribution >= 4 is 17.6 Å². The summed E-state index contributed by atoms with van der Waals surface area (Å²) >= 11 is 1.48.